The monoisotopic (exact) mass is 236 g/mol. The zero-order valence-corrected chi connectivity index (χ0v) is 9.24. The van der Waals surface area contributed by atoms with Gasteiger partial charge < -0.3 is 10.4 Å². The van der Waals surface area contributed by atoms with Crippen molar-refractivity contribution in [3.05, 3.63) is 23.6 Å². The van der Waals surface area contributed by atoms with Gasteiger partial charge >= 0.3 is 5.97 Å². The van der Waals surface area contributed by atoms with E-state index in [9.17, 15) is 9.18 Å². The molecular weight excluding hydrogens is 223 g/mol. The highest BCUT2D eigenvalue weighted by atomic mass is 19.1. The number of terminal acetylenes is 1. The lowest BCUT2D eigenvalue weighted by molar-refractivity contribution is 0.0697. The van der Waals surface area contributed by atoms with Crippen LogP contribution in [0.2, 0.25) is 0 Å². The average Bonchev–Trinajstić information content (AvgIpc) is 2.30. The van der Waals surface area contributed by atoms with Gasteiger partial charge in [0.25, 0.3) is 0 Å². The van der Waals surface area contributed by atoms with Gasteiger partial charge in [0, 0.05) is 13.0 Å². The molecule has 0 aliphatic rings. The largest absolute Gasteiger partial charge is 0.478 e. The van der Waals surface area contributed by atoms with Gasteiger partial charge in [0.1, 0.15) is 17.2 Å². The fourth-order valence-electron chi connectivity index (χ4n) is 1.30. The molecule has 90 valence electrons. The third-order valence-electron chi connectivity index (χ3n) is 2.13. The normalized spacial score (nSPS) is 9.65. The van der Waals surface area contributed by atoms with E-state index >= 15 is 0 Å². The topological polar surface area (TPSA) is 62.2 Å². The van der Waals surface area contributed by atoms with Gasteiger partial charge in [0.05, 0.1) is 6.20 Å². The molecule has 1 heterocycles. The summed E-state index contributed by atoms with van der Waals surface area (Å²) in [5.74, 6) is 0.825. The second kappa shape index (κ2) is 6.48. The quantitative estimate of drug-likeness (QED) is 0.586. The van der Waals surface area contributed by atoms with Crippen molar-refractivity contribution in [2.24, 2.45) is 0 Å². The number of carboxylic acid groups (broad SMARTS) is 1. The molecule has 0 aliphatic carbocycles. The molecule has 2 N–H and O–H groups in total. The number of carboxylic acids is 1. The summed E-state index contributed by atoms with van der Waals surface area (Å²) in [7, 11) is 0. The first-order valence-corrected chi connectivity index (χ1v) is 5.21. The Hall–Kier alpha value is -2.09. The lowest BCUT2D eigenvalue weighted by Gasteiger charge is -2.07. The Balaban J connectivity index is 2.59. The van der Waals surface area contributed by atoms with Crippen LogP contribution in [-0.4, -0.2) is 22.6 Å². The first kappa shape index (κ1) is 13.0. The fraction of sp³-hybridized carbons (Fsp3) is 0.333. The number of hydrogen-bond donors (Lipinski definition) is 2. The highest BCUT2D eigenvalue weighted by Gasteiger charge is 2.12. The fourth-order valence-corrected chi connectivity index (χ4v) is 1.30. The van der Waals surface area contributed by atoms with Gasteiger partial charge in [-0.15, -0.1) is 12.3 Å². The van der Waals surface area contributed by atoms with Crippen molar-refractivity contribution in [3.63, 3.8) is 0 Å². The van der Waals surface area contributed by atoms with Crippen LogP contribution in [0.4, 0.5) is 10.2 Å². The first-order valence-electron chi connectivity index (χ1n) is 5.21. The summed E-state index contributed by atoms with van der Waals surface area (Å²) < 4.78 is 12.8. The minimum Gasteiger partial charge on any atom is -0.478 e. The first-order chi connectivity index (χ1) is 8.15. The van der Waals surface area contributed by atoms with Crippen LogP contribution >= 0.6 is 0 Å². The molecular formula is C12H13FN2O2. The Labute approximate surface area is 98.9 Å². The van der Waals surface area contributed by atoms with Gasteiger partial charge in [-0.2, -0.15) is 0 Å². The molecule has 1 rings (SSSR count). The summed E-state index contributed by atoms with van der Waals surface area (Å²) in [4.78, 5) is 14.5. The van der Waals surface area contributed by atoms with Gasteiger partial charge in [-0.3, -0.25) is 0 Å². The van der Waals surface area contributed by atoms with E-state index in [0.29, 0.717) is 13.0 Å². The number of carbonyl (C=O) groups is 1. The van der Waals surface area contributed by atoms with E-state index < -0.39 is 11.8 Å². The SMILES string of the molecule is C#CCCCCNc1ncc(F)cc1C(=O)O. The summed E-state index contributed by atoms with van der Waals surface area (Å²) in [6.07, 6.45) is 8.43. The van der Waals surface area contributed by atoms with Gasteiger partial charge in [-0.1, -0.05) is 0 Å². The van der Waals surface area contributed by atoms with E-state index in [0.717, 1.165) is 25.1 Å². The number of aromatic carboxylic acids is 1. The third kappa shape index (κ3) is 4.11. The molecule has 4 nitrogen and oxygen atoms in total. The van der Waals surface area contributed by atoms with Crippen molar-refractivity contribution >= 4 is 11.8 Å². The van der Waals surface area contributed by atoms with Crippen LogP contribution in [0.15, 0.2) is 12.3 Å². The summed E-state index contributed by atoms with van der Waals surface area (Å²) in [6, 6.07) is 0.944. The molecule has 17 heavy (non-hydrogen) atoms. The molecule has 0 radical (unpaired) electrons. The van der Waals surface area contributed by atoms with Crippen LogP contribution in [0, 0.1) is 18.2 Å². The Kier molecular flexibility index (Phi) is 4.95. The van der Waals surface area contributed by atoms with Crippen LogP contribution in [0.5, 0.6) is 0 Å². The molecule has 0 atom stereocenters. The highest BCUT2D eigenvalue weighted by Crippen LogP contribution is 2.13. The molecule has 0 spiro atoms. The van der Waals surface area contributed by atoms with Crippen LogP contribution in [-0.2, 0) is 0 Å². The summed E-state index contributed by atoms with van der Waals surface area (Å²) in [5, 5.41) is 11.7. The number of rotatable bonds is 6. The van der Waals surface area contributed by atoms with E-state index in [4.69, 9.17) is 11.5 Å². The Morgan fingerprint density at radius 1 is 1.59 bits per heavy atom. The van der Waals surface area contributed by atoms with E-state index in [1.807, 2.05) is 0 Å². The van der Waals surface area contributed by atoms with E-state index in [1.165, 1.54) is 0 Å². The maximum Gasteiger partial charge on any atom is 0.339 e. The van der Waals surface area contributed by atoms with Gasteiger partial charge in [0.2, 0.25) is 0 Å². The third-order valence-corrected chi connectivity index (χ3v) is 2.13. The average molecular weight is 236 g/mol. The predicted octanol–water partition coefficient (Wildman–Crippen LogP) is 2.13. The van der Waals surface area contributed by atoms with Crippen LogP contribution in [0.1, 0.15) is 29.6 Å². The number of anilines is 1. The molecule has 0 amide bonds. The van der Waals surface area contributed by atoms with E-state index in [1.54, 1.807) is 0 Å². The lowest BCUT2D eigenvalue weighted by Crippen LogP contribution is -2.10. The molecule has 0 bridgehead atoms. The number of pyridine rings is 1. The van der Waals surface area contributed by atoms with E-state index in [-0.39, 0.29) is 11.4 Å². The van der Waals surface area contributed by atoms with Crippen LogP contribution in [0.25, 0.3) is 0 Å². The maximum absolute atomic E-state index is 12.8. The number of nitrogens with zero attached hydrogens (tertiary/aromatic N) is 1. The van der Waals surface area contributed by atoms with Crippen LogP contribution in [0.3, 0.4) is 0 Å². The number of nitrogens with one attached hydrogen (secondary N) is 1. The molecule has 0 saturated carbocycles. The second-order valence-corrected chi connectivity index (χ2v) is 3.44. The number of unbranched alkanes of at least 4 members (excludes halogenated alkanes) is 2. The van der Waals surface area contributed by atoms with E-state index in [2.05, 4.69) is 16.2 Å². The smallest absolute Gasteiger partial charge is 0.339 e. The standard InChI is InChI=1S/C12H13FN2O2/c1-2-3-4-5-6-14-11-10(12(16)17)7-9(13)8-15-11/h1,7-8H,3-6H2,(H,14,15)(H,16,17). The van der Waals surface area contributed by atoms with Crippen molar-refractivity contribution in [2.75, 3.05) is 11.9 Å². The number of halogens is 1. The predicted molar refractivity (Wildman–Crippen MR) is 62.3 cm³/mol. The zero-order chi connectivity index (χ0) is 12.7. The minimum absolute atomic E-state index is 0.165. The number of aromatic nitrogens is 1. The van der Waals surface area contributed by atoms with Crippen molar-refractivity contribution < 1.29 is 14.3 Å². The molecule has 0 unspecified atom stereocenters. The molecule has 5 heteroatoms. The van der Waals surface area contributed by atoms with Crippen molar-refractivity contribution in [1.82, 2.24) is 4.98 Å². The highest BCUT2D eigenvalue weighted by molar-refractivity contribution is 5.93. The van der Waals surface area contributed by atoms with Crippen molar-refractivity contribution in [3.8, 4) is 12.3 Å². The van der Waals surface area contributed by atoms with Gasteiger partial charge in [0.15, 0.2) is 0 Å². The van der Waals surface area contributed by atoms with Gasteiger partial charge in [-0.25, -0.2) is 14.2 Å². The number of hydrogen-bond acceptors (Lipinski definition) is 3. The molecule has 0 saturated heterocycles. The van der Waals surface area contributed by atoms with Gasteiger partial charge in [-0.05, 0) is 18.9 Å². The molecule has 0 fully saturated rings. The zero-order valence-electron chi connectivity index (χ0n) is 9.24. The maximum atomic E-state index is 12.8. The minimum atomic E-state index is -1.21. The molecule has 0 aromatic carbocycles. The molecule has 1 aromatic rings. The molecule has 1 aromatic heterocycles. The summed E-state index contributed by atoms with van der Waals surface area (Å²) in [6.45, 7) is 0.556. The lowest BCUT2D eigenvalue weighted by atomic mass is 10.2. The second-order valence-electron chi connectivity index (χ2n) is 3.44. The van der Waals surface area contributed by atoms with Crippen LogP contribution < -0.4 is 5.32 Å². The summed E-state index contributed by atoms with van der Waals surface area (Å²) >= 11 is 0. The van der Waals surface area contributed by atoms with Crippen molar-refractivity contribution in [2.45, 2.75) is 19.3 Å². The Morgan fingerprint density at radius 3 is 3.00 bits per heavy atom. The van der Waals surface area contributed by atoms with Crippen molar-refractivity contribution in [1.29, 1.82) is 0 Å². The Morgan fingerprint density at radius 2 is 2.35 bits per heavy atom. The summed E-state index contributed by atoms with van der Waals surface area (Å²) in [5.41, 5.74) is -0.165. The molecule has 0 aliphatic heterocycles. The Bertz CT molecular complexity index is 441.